The molecule has 0 aromatic carbocycles. The number of amides is 2. The molecule has 3 unspecified atom stereocenters. The molecular formula is C46H83Au3N4O2P3+3. The zero-order chi connectivity index (χ0) is 37.2. The summed E-state index contributed by atoms with van der Waals surface area (Å²) >= 11 is 0. The molecule has 5 saturated carbocycles. The molecule has 1 saturated heterocycles. The first-order chi connectivity index (χ1) is 26.7. The minimum absolute atomic E-state index is 0. The molecule has 6 fully saturated rings. The first-order valence-corrected chi connectivity index (χ1v) is 27.4. The van der Waals surface area contributed by atoms with E-state index in [9.17, 15) is 9.59 Å². The summed E-state index contributed by atoms with van der Waals surface area (Å²) in [5.74, 6) is 0.141. The van der Waals surface area contributed by atoms with Gasteiger partial charge in [0.15, 0.2) is 0 Å². The van der Waals surface area contributed by atoms with Crippen LogP contribution in [0.15, 0.2) is 23.9 Å². The smallest absolute Gasteiger partial charge is 0.687 e. The van der Waals surface area contributed by atoms with Crippen LogP contribution in [0.1, 0.15) is 180 Å². The van der Waals surface area contributed by atoms with E-state index in [1.165, 1.54) is 22.6 Å². The third-order valence-electron chi connectivity index (χ3n) is 14.8. The molecule has 2 N–H and O–H groups in total. The topological polar surface area (TPSA) is 86.4 Å². The number of nitrogens with one attached hydrogen (secondary N) is 2. The Morgan fingerprint density at radius 2 is 0.948 bits per heavy atom. The Bertz CT molecular complexity index is 1090. The van der Waals surface area contributed by atoms with Crippen molar-refractivity contribution in [2.24, 2.45) is 5.92 Å². The fraction of sp³-hybridized carbons (Fsp3) is 0.870. The van der Waals surface area contributed by atoms with E-state index in [1.54, 1.807) is 166 Å². The number of hydrogen-bond donors (Lipinski definition) is 2. The van der Waals surface area contributed by atoms with Crippen LogP contribution in [0, 0.1) is 5.92 Å². The van der Waals surface area contributed by atoms with Gasteiger partial charge in [0.1, 0.15) is 0 Å². The second-order valence-corrected chi connectivity index (χ2v) is 25.0. The first-order valence-electron chi connectivity index (χ1n) is 23.6. The van der Waals surface area contributed by atoms with Crippen LogP contribution in [0.5, 0.6) is 0 Å². The predicted octanol–water partition coefficient (Wildman–Crippen LogP) is 11.7. The van der Waals surface area contributed by atoms with Gasteiger partial charge in [0, 0.05) is 39.4 Å². The summed E-state index contributed by atoms with van der Waals surface area (Å²) < 4.78 is 0. The number of rotatable bonds is 13. The first kappa shape index (κ1) is 55.8. The molecule has 7 rings (SSSR count). The normalized spacial score (nSPS) is 25.2. The summed E-state index contributed by atoms with van der Waals surface area (Å²) in [5, 5.41) is 14.7. The molecule has 0 aromatic heterocycles. The zero-order valence-electron chi connectivity index (χ0n) is 35.9. The molecule has 58 heavy (non-hydrogen) atoms. The summed E-state index contributed by atoms with van der Waals surface area (Å²) in [6, 6.07) is 0.0450. The average molecular weight is 1410 g/mol. The quantitative estimate of drug-likeness (QED) is 0.109. The van der Waals surface area contributed by atoms with E-state index in [0.717, 1.165) is 51.6 Å². The fourth-order valence-corrected chi connectivity index (χ4v) is 20.5. The van der Waals surface area contributed by atoms with Crippen LogP contribution in [0.25, 0.3) is 10.6 Å². The van der Waals surface area contributed by atoms with Crippen molar-refractivity contribution in [1.29, 1.82) is 0 Å². The van der Waals surface area contributed by atoms with E-state index in [1.807, 2.05) is 6.08 Å². The van der Waals surface area contributed by atoms with Gasteiger partial charge in [-0.25, -0.2) is 0 Å². The van der Waals surface area contributed by atoms with Gasteiger partial charge in [0.2, 0.25) is 5.91 Å². The third kappa shape index (κ3) is 18.7. The van der Waals surface area contributed by atoms with Gasteiger partial charge >= 0.3 is 67.1 Å². The van der Waals surface area contributed by atoms with E-state index < -0.39 is 0 Å². The second-order valence-electron chi connectivity index (χ2n) is 18.5. The van der Waals surface area contributed by atoms with Crippen LogP contribution in [-0.4, -0.2) is 78.5 Å². The van der Waals surface area contributed by atoms with E-state index in [4.69, 9.17) is 0 Å². The van der Waals surface area contributed by atoms with E-state index >= 15 is 0 Å². The summed E-state index contributed by atoms with van der Waals surface area (Å²) in [6.07, 6.45) is 49.4. The SMILES string of the molecule is C1CCC([PH+](CCCC[PH+](C2CCCCC2)C2CCCCC2)C2CCCCC2)CC1.O=C(NC1CCCCC1NC(=O)C1CC[N-]CC1)C1=CC[N-]C=C1.P.[Au+].[Au+].[Au+]. The molecular weight excluding hydrogens is 1320 g/mol. The molecule has 3 atom stereocenters. The molecule has 0 aromatic rings. The van der Waals surface area contributed by atoms with Gasteiger partial charge in [-0.1, -0.05) is 63.5 Å². The molecule has 12 heteroatoms. The van der Waals surface area contributed by atoms with E-state index in [-0.39, 0.29) is 123 Å². The molecule has 0 spiro atoms. The van der Waals surface area contributed by atoms with Gasteiger partial charge < -0.3 is 21.3 Å². The van der Waals surface area contributed by atoms with Crippen molar-refractivity contribution in [2.45, 2.75) is 215 Å². The third-order valence-corrected chi connectivity index (χ3v) is 23.2. The molecule has 5 aliphatic carbocycles. The largest absolute Gasteiger partial charge is 1.00 e. The van der Waals surface area contributed by atoms with Gasteiger partial charge in [-0.2, -0.15) is 16.1 Å². The molecule has 6 nitrogen and oxygen atoms in total. The number of piperidine rings is 1. The molecule has 7 aliphatic rings. The average Bonchev–Trinajstić information content (AvgIpc) is 3.25. The Hall–Kier alpha value is 1.69. The molecule has 2 heterocycles. The van der Waals surface area contributed by atoms with Crippen LogP contribution in [0.4, 0.5) is 0 Å². The van der Waals surface area contributed by atoms with Crippen molar-refractivity contribution in [3.05, 3.63) is 34.6 Å². The van der Waals surface area contributed by atoms with Crippen molar-refractivity contribution in [1.82, 2.24) is 10.6 Å². The Kier molecular flexibility index (Phi) is 31.1. The molecule has 2 amide bonds. The van der Waals surface area contributed by atoms with Crippen molar-refractivity contribution >= 4 is 37.6 Å². The van der Waals surface area contributed by atoms with Crippen LogP contribution in [-0.2, 0) is 76.7 Å². The maximum Gasteiger partial charge on any atom is 1.00 e. The summed E-state index contributed by atoms with van der Waals surface area (Å²) in [7, 11) is -0.162. The Labute approximate surface area is 408 Å². The standard InChI is InChI=1S/C28H52P2.C18H26N4O2.3Au.H3P/c1-5-15-25(16-6-1)29(26-17-7-2-8-18-26)23-13-14-24-30(27-19-9-3-10-20-27)28-21-11-4-12-22-28;23-17(13-5-9-19-10-6-13)21-15-3-1-2-4-16(15)22-18(24)14-7-11-20-12-8-14;;;;/h25-28H,1-24H2;5-6,9,14-16H,1-4,7-8,10-12H2,(H,21,23)(H,22,24);;;;1H3/q;-2;3*+1;/p+2. The fourth-order valence-electron chi connectivity index (χ4n) is 11.7. The second kappa shape index (κ2) is 32.4. The van der Waals surface area contributed by atoms with Crippen molar-refractivity contribution in [3.8, 4) is 0 Å². The molecule has 2 aliphatic heterocycles. The van der Waals surface area contributed by atoms with Crippen LogP contribution in [0.3, 0.4) is 0 Å². The van der Waals surface area contributed by atoms with Crippen molar-refractivity contribution in [2.75, 3.05) is 32.0 Å². The van der Waals surface area contributed by atoms with Gasteiger partial charge in [-0.05, 0) is 128 Å². The number of carbonyl (C=O) groups excluding carboxylic acids is 2. The van der Waals surface area contributed by atoms with E-state index in [2.05, 4.69) is 21.3 Å². The predicted molar refractivity (Wildman–Crippen MR) is 248 cm³/mol. The number of nitrogens with zero attached hydrogens (tertiary/aromatic N) is 2. The van der Waals surface area contributed by atoms with Crippen LogP contribution < -0.4 is 10.6 Å². The molecule has 0 radical (unpaired) electrons. The maximum absolute atomic E-state index is 12.5. The van der Waals surface area contributed by atoms with Crippen molar-refractivity contribution in [3.63, 3.8) is 0 Å². The number of hydrogen-bond acceptors (Lipinski definition) is 2. The van der Waals surface area contributed by atoms with Gasteiger partial charge in [0.05, 0.1) is 35.0 Å². The molecule has 0 bridgehead atoms. The summed E-state index contributed by atoms with van der Waals surface area (Å²) in [6.45, 7) is 2.12. The monoisotopic (exact) mass is 1410 g/mol. The number of carbonyl (C=O) groups is 2. The number of unbranched alkanes of at least 4 members (excludes halogenated alkanes) is 1. The summed E-state index contributed by atoms with van der Waals surface area (Å²) in [4.78, 5) is 24.9. The zero-order valence-corrected chi connectivity index (χ0v) is 45.8. The van der Waals surface area contributed by atoms with Gasteiger partial charge in [0.25, 0.3) is 5.91 Å². The van der Waals surface area contributed by atoms with Gasteiger partial charge in [-0.3, -0.25) is 9.59 Å². The Morgan fingerprint density at radius 1 is 0.552 bits per heavy atom. The van der Waals surface area contributed by atoms with Crippen LogP contribution in [0.2, 0.25) is 0 Å². The van der Waals surface area contributed by atoms with Crippen molar-refractivity contribution < 1.29 is 76.7 Å². The van der Waals surface area contributed by atoms with Crippen LogP contribution >= 0.6 is 25.7 Å². The summed E-state index contributed by atoms with van der Waals surface area (Å²) in [5.41, 5.74) is 5.53. The molecule has 344 valence electrons. The van der Waals surface area contributed by atoms with E-state index in [0.29, 0.717) is 12.1 Å². The Morgan fingerprint density at radius 3 is 1.34 bits per heavy atom. The van der Waals surface area contributed by atoms with Gasteiger partial charge in [-0.15, -0.1) is 19.6 Å². The minimum Gasteiger partial charge on any atom is -0.687 e. The maximum atomic E-state index is 12.5. The Balaban J connectivity index is 0.000000382. The minimum atomic E-state index is -0.0809.